The van der Waals surface area contributed by atoms with Crippen molar-refractivity contribution in [2.45, 2.75) is 25.9 Å². The van der Waals surface area contributed by atoms with E-state index in [2.05, 4.69) is 4.90 Å². The summed E-state index contributed by atoms with van der Waals surface area (Å²) in [5.74, 6) is -0.192. The number of halogens is 1. The molecule has 1 saturated heterocycles. The molecule has 2 N–H and O–H groups in total. The largest absolute Gasteiger partial charge is 0.326 e. The van der Waals surface area contributed by atoms with E-state index in [1.165, 1.54) is 24.5 Å². The molecule has 1 aromatic carbocycles. The summed E-state index contributed by atoms with van der Waals surface area (Å²) < 4.78 is 13.2. The predicted molar refractivity (Wildman–Crippen MR) is 58.8 cm³/mol. The maximum absolute atomic E-state index is 13.2. The molecule has 0 aliphatic carbocycles. The predicted octanol–water partition coefficient (Wildman–Crippen LogP) is 1.88. The second-order valence-corrected chi connectivity index (χ2v) is 4.11. The first kappa shape index (κ1) is 10.6. The van der Waals surface area contributed by atoms with E-state index in [4.69, 9.17) is 5.73 Å². The Morgan fingerprint density at radius 2 is 2.00 bits per heavy atom. The van der Waals surface area contributed by atoms with Crippen molar-refractivity contribution in [3.8, 4) is 0 Å². The van der Waals surface area contributed by atoms with Crippen LogP contribution in [0.25, 0.3) is 0 Å². The monoisotopic (exact) mass is 208 g/mol. The lowest BCUT2D eigenvalue weighted by Gasteiger charge is -2.15. The molecule has 2 nitrogen and oxygen atoms in total. The summed E-state index contributed by atoms with van der Waals surface area (Å²) in [6.45, 7) is 3.53. The fourth-order valence-corrected chi connectivity index (χ4v) is 2.08. The van der Waals surface area contributed by atoms with Crippen LogP contribution < -0.4 is 5.73 Å². The van der Waals surface area contributed by atoms with Gasteiger partial charge in [0.05, 0.1) is 0 Å². The van der Waals surface area contributed by atoms with Crippen LogP contribution in [0.2, 0.25) is 0 Å². The van der Waals surface area contributed by atoms with Gasteiger partial charge in [-0.2, -0.15) is 0 Å². The average Bonchev–Trinajstić information content (AvgIpc) is 2.73. The van der Waals surface area contributed by atoms with Gasteiger partial charge in [0.1, 0.15) is 5.82 Å². The Balaban J connectivity index is 2.07. The van der Waals surface area contributed by atoms with Crippen LogP contribution in [-0.4, -0.2) is 18.0 Å². The normalized spacial score (nSPS) is 17.2. The van der Waals surface area contributed by atoms with Crippen molar-refractivity contribution in [3.05, 3.63) is 35.1 Å². The highest BCUT2D eigenvalue weighted by Gasteiger charge is 2.12. The van der Waals surface area contributed by atoms with Crippen molar-refractivity contribution in [2.75, 3.05) is 13.1 Å². The Morgan fingerprint density at radius 1 is 1.27 bits per heavy atom. The number of nitrogens with zero attached hydrogens (tertiary/aromatic N) is 1. The second-order valence-electron chi connectivity index (χ2n) is 4.11. The molecule has 0 radical (unpaired) electrons. The van der Waals surface area contributed by atoms with Gasteiger partial charge < -0.3 is 5.73 Å². The maximum Gasteiger partial charge on any atom is 0.127 e. The zero-order valence-corrected chi connectivity index (χ0v) is 8.88. The second kappa shape index (κ2) is 4.73. The van der Waals surface area contributed by atoms with Crippen LogP contribution in [-0.2, 0) is 13.1 Å². The summed E-state index contributed by atoms with van der Waals surface area (Å²) in [7, 11) is 0. The van der Waals surface area contributed by atoms with E-state index in [0.717, 1.165) is 19.6 Å². The highest BCUT2D eigenvalue weighted by atomic mass is 19.1. The zero-order valence-electron chi connectivity index (χ0n) is 8.88. The average molecular weight is 208 g/mol. The standard InChI is InChI=1S/C12H17FN2/c13-12-4-3-10(7-11(12)8-14)9-15-5-1-2-6-15/h3-4,7H,1-2,5-6,8-9,14H2. The van der Waals surface area contributed by atoms with Crippen molar-refractivity contribution >= 4 is 0 Å². The molecule has 0 unspecified atom stereocenters. The highest BCUT2D eigenvalue weighted by molar-refractivity contribution is 5.25. The van der Waals surface area contributed by atoms with E-state index in [1.807, 2.05) is 12.1 Å². The number of hydrogen-bond donors (Lipinski definition) is 1. The van der Waals surface area contributed by atoms with Crippen LogP contribution in [0.3, 0.4) is 0 Å². The molecule has 2 rings (SSSR count). The van der Waals surface area contributed by atoms with Crippen LogP contribution in [0.15, 0.2) is 18.2 Å². The molecule has 1 aliphatic heterocycles. The first-order valence-electron chi connectivity index (χ1n) is 5.49. The molecule has 0 saturated carbocycles. The molecule has 0 aromatic heterocycles. The molecule has 0 bridgehead atoms. The van der Waals surface area contributed by atoms with Gasteiger partial charge in [0.15, 0.2) is 0 Å². The highest BCUT2D eigenvalue weighted by Crippen LogP contribution is 2.15. The summed E-state index contributed by atoms with van der Waals surface area (Å²) in [5, 5.41) is 0. The van der Waals surface area contributed by atoms with Crippen LogP contribution in [0.1, 0.15) is 24.0 Å². The fraction of sp³-hybridized carbons (Fsp3) is 0.500. The quantitative estimate of drug-likeness (QED) is 0.821. The number of hydrogen-bond acceptors (Lipinski definition) is 2. The summed E-state index contributed by atoms with van der Waals surface area (Å²) in [6, 6.07) is 5.26. The third kappa shape index (κ3) is 2.55. The molecule has 15 heavy (non-hydrogen) atoms. The number of likely N-dealkylation sites (tertiary alicyclic amines) is 1. The molecule has 3 heteroatoms. The van der Waals surface area contributed by atoms with Gasteiger partial charge in [-0.3, -0.25) is 4.90 Å². The molecule has 1 fully saturated rings. The molecule has 1 aromatic rings. The number of rotatable bonds is 3. The van der Waals surface area contributed by atoms with Crippen molar-refractivity contribution in [1.82, 2.24) is 4.90 Å². The van der Waals surface area contributed by atoms with Gasteiger partial charge in [-0.25, -0.2) is 4.39 Å². The minimum Gasteiger partial charge on any atom is -0.326 e. The fourth-order valence-electron chi connectivity index (χ4n) is 2.08. The van der Waals surface area contributed by atoms with Gasteiger partial charge in [0.25, 0.3) is 0 Å². The van der Waals surface area contributed by atoms with Crippen molar-refractivity contribution in [1.29, 1.82) is 0 Å². The van der Waals surface area contributed by atoms with Crippen LogP contribution in [0, 0.1) is 5.82 Å². The molecule has 1 heterocycles. The Kier molecular flexibility index (Phi) is 3.34. The lowest BCUT2D eigenvalue weighted by molar-refractivity contribution is 0.331. The Bertz CT molecular complexity index is 332. The third-order valence-corrected chi connectivity index (χ3v) is 2.93. The molecular weight excluding hydrogens is 191 g/mol. The van der Waals surface area contributed by atoms with Gasteiger partial charge in [-0.05, 0) is 37.6 Å². The van der Waals surface area contributed by atoms with E-state index in [-0.39, 0.29) is 12.4 Å². The Morgan fingerprint density at radius 3 is 2.67 bits per heavy atom. The third-order valence-electron chi connectivity index (χ3n) is 2.93. The molecule has 0 atom stereocenters. The van der Waals surface area contributed by atoms with E-state index in [1.54, 1.807) is 0 Å². The first-order chi connectivity index (χ1) is 7.29. The van der Waals surface area contributed by atoms with Crippen molar-refractivity contribution in [2.24, 2.45) is 5.73 Å². The topological polar surface area (TPSA) is 29.3 Å². The number of benzene rings is 1. The number of nitrogens with two attached hydrogens (primary N) is 1. The van der Waals surface area contributed by atoms with Crippen LogP contribution in [0.5, 0.6) is 0 Å². The maximum atomic E-state index is 13.2. The van der Waals surface area contributed by atoms with E-state index in [9.17, 15) is 4.39 Å². The minimum atomic E-state index is -0.192. The van der Waals surface area contributed by atoms with E-state index < -0.39 is 0 Å². The summed E-state index contributed by atoms with van der Waals surface area (Å²) in [4.78, 5) is 2.40. The lowest BCUT2D eigenvalue weighted by atomic mass is 10.1. The summed E-state index contributed by atoms with van der Waals surface area (Å²) in [6.07, 6.45) is 2.57. The zero-order chi connectivity index (χ0) is 10.7. The van der Waals surface area contributed by atoms with Crippen molar-refractivity contribution < 1.29 is 4.39 Å². The summed E-state index contributed by atoms with van der Waals surface area (Å²) >= 11 is 0. The molecular formula is C12H17FN2. The van der Waals surface area contributed by atoms with E-state index in [0.29, 0.717) is 5.56 Å². The van der Waals surface area contributed by atoms with Crippen LogP contribution in [0.4, 0.5) is 4.39 Å². The molecule has 82 valence electrons. The molecule has 1 aliphatic rings. The smallest absolute Gasteiger partial charge is 0.127 e. The summed E-state index contributed by atoms with van der Waals surface area (Å²) in [5.41, 5.74) is 7.26. The van der Waals surface area contributed by atoms with Gasteiger partial charge in [-0.15, -0.1) is 0 Å². The lowest BCUT2D eigenvalue weighted by Crippen LogP contribution is -2.18. The minimum absolute atomic E-state index is 0.192. The van der Waals surface area contributed by atoms with Gasteiger partial charge in [-0.1, -0.05) is 12.1 Å². The van der Waals surface area contributed by atoms with Crippen LogP contribution >= 0.6 is 0 Å². The molecule has 0 spiro atoms. The Hall–Kier alpha value is -0.930. The van der Waals surface area contributed by atoms with Crippen molar-refractivity contribution in [3.63, 3.8) is 0 Å². The van der Waals surface area contributed by atoms with E-state index >= 15 is 0 Å². The van der Waals surface area contributed by atoms with Gasteiger partial charge in [0.2, 0.25) is 0 Å². The first-order valence-corrected chi connectivity index (χ1v) is 5.49. The van der Waals surface area contributed by atoms with Gasteiger partial charge >= 0.3 is 0 Å². The molecule has 0 amide bonds. The SMILES string of the molecule is NCc1cc(CN2CCCC2)ccc1F. The van der Waals surface area contributed by atoms with Gasteiger partial charge in [0, 0.05) is 18.7 Å². The Labute approximate surface area is 89.9 Å².